The molecule has 0 bridgehead atoms. The van der Waals surface area contributed by atoms with Crippen LogP contribution >= 0.6 is 11.6 Å². The number of hydrogen-bond acceptors (Lipinski definition) is 5. The van der Waals surface area contributed by atoms with Crippen molar-refractivity contribution in [2.24, 2.45) is 0 Å². The van der Waals surface area contributed by atoms with Gasteiger partial charge in [0.25, 0.3) is 0 Å². The molecule has 0 N–H and O–H groups in total. The molecule has 0 saturated carbocycles. The van der Waals surface area contributed by atoms with Gasteiger partial charge >= 0.3 is 0 Å². The van der Waals surface area contributed by atoms with Crippen molar-refractivity contribution in [3.63, 3.8) is 0 Å². The molecule has 122 valence electrons. The van der Waals surface area contributed by atoms with Gasteiger partial charge in [0.2, 0.25) is 5.95 Å². The molecule has 1 aromatic heterocycles. The highest BCUT2D eigenvalue weighted by molar-refractivity contribution is 6.33. The van der Waals surface area contributed by atoms with Gasteiger partial charge in [-0.05, 0) is 12.1 Å². The number of halogens is 1. The van der Waals surface area contributed by atoms with E-state index in [1.165, 1.54) is 0 Å². The highest BCUT2D eigenvalue weighted by Crippen LogP contribution is 2.26. The van der Waals surface area contributed by atoms with E-state index in [1.54, 1.807) is 0 Å². The third-order valence-electron chi connectivity index (χ3n) is 4.06. The molecule has 2 aromatic rings. The summed E-state index contributed by atoms with van der Waals surface area (Å²) in [5.41, 5.74) is 2.29. The van der Waals surface area contributed by atoms with Crippen molar-refractivity contribution in [2.75, 3.05) is 50.1 Å². The summed E-state index contributed by atoms with van der Waals surface area (Å²) in [6.45, 7) is 4.89. The number of piperazine rings is 1. The Morgan fingerprint density at radius 2 is 1.70 bits per heavy atom. The predicted octanol–water partition coefficient (Wildman–Crippen LogP) is 2.52. The Bertz CT molecular complexity index is 636. The fourth-order valence-electron chi connectivity index (χ4n) is 2.77. The number of nitrogens with zero attached hydrogens (tertiary/aromatic N) is 5. The Morgan fingerprint density at radius 1 is 1.04 bits per heavy atom. The van der Waals surface area contributed by atoms with E-state index in [0.29, 0.717) is 0 Å². The van der Waals surface area contributed by atoms with E-state index in [2.05, 4.69) is 25.8 Å². The summed E-state index contributed by atoms with van der Waals surface area (Å²) in [6, 6.07) is 8.05. The van der Waals surface area contributed by atoms with Gasteiger partial charge in [0.15, 0.2) is 0 Å². The molecule has 0 radical (unpaired) electrons. The Hall–Kier alpha value is -1.85. The normalized spacial score (nSPS) is 15.7. The molecule has 5 nitrogen and oxygen atoms in total. The molecule has 23 heavy (non-hydrogen) atoms. The molecule has 1 aliphatic heterocycles. The van der Waals surface area contributed by atoms with Gasteiger partial charge < -0.3 is 9.80 Å². The van der Waals surface area contributed by atoms with Crippen LogP contribution in [-0.2, 0) is 6.54 Å². The highest BCUT2D eigenvalue weighted by atomic mass is 35.5. The molecular weight excluding hydrogens is 310 g/mol. The second-order valence-corrected chi connectivity index (χ2v) is 6.41. The summed E-state index contributed by atoms with van der Waals surface area (Å²) in [5.74, 6) is 0.747. The number of aromatic nitrogens is 2. The molecule has 2 heterocycles. The quantitative estimate of drug-likeness (QED) is 0.860. The topological polar surface area (TPSA) is 35.5 Å². The lowest BCUT2D eigenvalue weighted by Crippen LogP contribution is -2.46. The van der Waals surface area contributed by atoms with Crippen LogP contribution in [0.25, 0.3) is 0 Å². The van der Waals surface area contributed by atoms with Gasteiger partial charge in [0, 0.05) is 64.8 Å². The molecule has 0 aliphatic carbocycles. The minimum atomic E-state index is 0.747. The first-order chi connectivity index (χ1) is 11.1. The van der Waals surface area contributed by atoms with Crippen molar-refractivity contribution >= 4 is 23.2 Å². The van der Waals surface area contributed by atoms with Gasteiger partial charge in [-0.2, -0.15) is 0 Å². The van der Waals surface area contributed by atoms with Crippen molar-refractivity contribution in [1.82, 2.24) is 14.9 Å². The Balaban J connectivity index is 1.56. The molecule has 3 rings (SSSR count). The standard InChI is InChI=1S/C17H22ClN5/c1-21(2)17-19-11-14(12-20-17)13-22-7-9-23(10-8-22)16-6-4-3-5-15(16)18/h3-6,11-12H,7-10,13H2,1-2H3. The van der Waals surface area contributed by atoms with Gasteiger partial charge in [-0.1, -0.05) is 23.7 Å². The summed E-state index contributed by atoms with van der Waals surface area (Å²) in [4.78, 5) is 15.4. The Labute approximate surface area is 142 Å². The summed E-state index contributed by atoms with van der Waals surface area (Å²) >= 11 is 6.29. The number of rotatable bonds is 4. The first-order valence-corrected chi connectivity index (χ1v) is 8.21. The number of para-hydroxylation sites is 1. The number of benzene rings is 1. The fourth-order valence-corrected chi connectivity index (χ4v) is 3.03. The highest BCUT2D eigenvalue weighted by Gasteiger charge is 2.19. The molecule has 1 aromatic carbocycles. The van der Waals surface area contributed by atoms with Gasteiger partial charge in [0.1, 0.15) is 0 Å². The Morgan fingerprint density at radius 3 is 2.30 bits per heavy atom. The van der Waals surface area contributed by atoms with E-state index in [0.717, 1.165) is 54.9 Å². The lowest BCUT2D eigenvalue weighted by Gasteiger charge is -2.36. The second kappa shape index (κ2) is 7.15. The minimum Gasteiger partial charge on any atom is -0.368 e. The van der Waals surface area contributed by atoms with Crippen molar-refractivity contribution in [3.8, 4) is 0 Å². The average molecular weight is 332 g/mol. The maximum atomic E-state index is 6.29. The zero-order chi connectivity index (χ0) is 16.2. The minimum absolute atomic E-state index is 0.747. The fraction of sp³-hybridized carbons (Fsp3) is 0.412. The van der Waals surface area contributed by atoms with Gasteiger partial charge in [-0.3, -0.25) is 4.90 Å². The zero-order valence-electron chi connectivity index (χ0n) is 13.6. The van der Waals surface area contributed by atoms with Crippen LogP contribution in [0.2, 0.25) is 5.02 Å². The van der Waals surface area contributed by atoms with Crippen LogP contribution in [0.15, 0.2) is 36.7 Å². The van der Waals surface area contributed by atoms with Crippen molar-refractivity contribution in [2.45, 2.75) is 6.54 Å². The number of anilines is 2. The van der Waals surface area contributed by atoms with Crippen LogP contribution < -0.4 is 9.80 Å². The second-order valence-electron chi connectivity index (χ2n) is 6.00. The van der Waals surface area contributed by atoms with Crippen LogP contribution in [0, 0.1) is 0 Å². The summed E-state index contributed by atoms with van der Waals surface area (Å²) in [6.07, 6.45) is 3.84. The average Bonchev–Trinajstić information content (AvgIpc) is 2.57. The van der Waals surface area contributed by atoms with Crippen molar-refractivity contribution < 1.29 is 0 Å². The van der Waals surface area contributed by atoms with E-state index >= 15 is 0 Å². The number of hydrogen-bond donors (Lipinski definition) is 0. The molecule has 0 unspecified atom stereocenters. The molecule has 1 aliphatic rings. The molecule has 0 atom stereocenters. The first kappa shape index (κ1) is 16.0. The largest absolute Gasteiger partial charge is 0.368 e. The van der Waals surface area contributed by atoms with Gasteiger partial charge in [-0.25, -0.2) is 9.97 Å². The molecule has 0 spiro atoms. The van der Waals surface area contributed by atoms with E-state index in [4.69, 9.17) is 11.6 Å². The molecule has 6 heteroatoms. The van der Waals surface area contributed by atoms with Crippen LogP contribution in [0.1, 0.15) is 5.56 Å². The SMILES string of the molecule is CN(C)c1ncc(CN2CCN(c3ccccc3Cl)CC2)cn1. The van der Waals surface area contributed by atoms with Crippen molar-refractivity contribution in [1.29, 1.82) is 0 Å². The van der Waals surface area contributed by atoms with E-state index < -0.39 is 0 Å². The van der Waals surface area contributed by atoms with Crippen LogP contribution in [-0.4, -0.2) is 55.1 Å². The third kappa shape index (κ3) is 3.92. The maximum absolute atomic E-state index is 6.29. The Kier molecular flexibility index (Phi) is 4.98. The van der Waals surface area contributed by atoms with E-state index in [9.17, 15) is 0 Å². The smallest absolute Gasteiger partial charge is 0.224 e. The molecule has 1 fully saturated rings. The van der Waals surface area contributed by atoms with Gasteiger partial charge in [0.05, 0.1) is 10.7 Å². The summed E-state index contributed by atoms with van der Waals surface area (Å²) in [7, 11) is 3.89. The first-order valence-electron chi connectivity index (χ1n) is 7.83. The maximum Gasteiger partial charge on any atom is 0.224 e. The molecular formula is C17H22ClN5. The molecule has 0 amide bonds. The van der Waals surface area contributed by atoms with Crippen molar-refractivity contribution in [3.05, 3.63) is 47.2 Å². The lowest BCUT2D eigenvalue weighted by atomic mass is 10.2. The van der Waals surface area contributed by atoms with Crippen LogP contribution in [0.3, 0.4) is 0 Å². The van der Waals surface area contributed by atoms with Gasteiger partial charge in [-0.15, -0.1) is 0 Å². The third-order valence-corrected chi connectivity index (χ3v) is 4.38. The van der Waals surface area contributed by atoms with E-state index in [1.807, 2.05) is 49.6 Å². The van der Waals surface area contributed by atoms with Crippen LogP contribution in [0.4, 0.5) is 11.6 Å². The molecule has 1 saturated heterocycles. The monoisotopic (exact) mass is 331 g/mol. The van der Waals surface area contributed by atoms with E-state index in [-0.39, 0.29) is 0 Å². The lowest BCUT2D eigenvalue weighted by molar-refractivity contribution is 0.249. The van der Waals surface area contributed by atoms with Crippen LogP contribution in [0.5, 0.6) is 0 Å². The summed E-state index contributed by atoms with van der Waals surface area (Å²) < 4.78 is 0. The zero-order valence-corrected chi connectivity index (χ0v) is 14.4. The summed E-state index contributed by atoms with van der Waals surface area (Å²) in [5, 5.41) is 0.827. The predicted molar refractivity (Wildman–Crippen MR) is 95.3 cm³/mol.